The lowest BCUT2D eigenvalue weighted by molar-refractivity contribution is -0.153. The molecule has 1 unspecified atom stereocenters. The maximum Gasteiger partial charge on any atom is 0.328 e. The highest BCUT2D eigenvalue weighted by molar-refractivity contribution is 6.32. The van der Waals surface area contributed by atoms with Gasteiger partial charge in [-0.3, -0.25) is 4.79 Å². The fourth-order valence-electron chi connectivity index (χ4n) is 2.57. The maximum atomic E-state index is 12.5. The molecule has 1 aromatic heterocycles. The van der Waals surface area contributed by atoms with Gasteiger partial charge in [0.05, 0.1) is 18.1 Å². The second kappa shape index (κ2) is 6.48. The zero-order chi connectivity index (χ0) is 17.3. The minimum atomic E-state index is -1.08. The zero-order valence-electron chi connectivity index (χ0n) is 12.8. The highest BCUT2D eigenvalue weighted by Gasteiger charge is 2.36. The Morgan fingerprint density at radius 3 is 2.83 bits per heavy atom. The van der Waals surface area contributed by atoms with Crippen LogP contribution in [0.25, 0.3) is 0 Å². The standard InChI is InChI=1S/C15H15ClN4O4/c1-9-17-18-13-7-20(11(15(22)23)6-19(9)13)14(21)8-24-12-5-3-2-4-10(12)16/h2-5,11H,6-8H2,1H3,(H,22,23). The van der Waals surface area contributed by atoms with E-state index in [0.717, 1.165) is 0 Å². The lowest BCUT2D eigenvalue weighted by Crippen LogP contribution is -2.52. The molecule has 9 heteroatoms. The van der Waals surface area contributed by atoms with Crippen molar-refractivity contribution in [2.24, 2.45) is 0 Å². The van der Waals surface area contributed by atoms with E-state index in [0.29, 0.717) is 22.4 Å². The van der Waals surface area contributed by atoms with Crippen LogP contribution in [-0.4, -0.2) is 49.3 Å². The topological polar surface area (TPSA) is 97.5 Å². The van der Waals surface area contributed by atoms with Crippen molar-refractivity contribution in [3.63, 3.8) is 0 Å². The molecule has 0 radical (unpaired) electrons. The molecular formula is C15H15ClN4O4. The molecule has 1 aliphatic heterocycles. The van der Waals surface area contributed by atoms with Crippen LogP contribution in [0, 0.1) is 6.92 Å². The summed E-state index contributed by atoms with van der Waals surface area (Å²) in [5.41, 5.74) is 0. The average Bonchev–Trinajstić information content (AvgIpc) is 2.93. The Hall–Kier alpha value is -2.61. The molecule has 0 aliphatic carbocycles. The molecule has 0 fully saturated rings. The smallest absolute Gasteiger partial charge is 0.328 e. The molecule has 1 N–H and O–H groups in total. The molecule has 0 saturated heterocycles. The van der Waals surface area contributed by atoms with Crippen LogP contribution in [0.3, 0.4) is 0 Å². The van der Waals surface area contributed by atoms with Gasteiger partial charge >= 0.3 is 5.97 Å². The first-order valence-corrected chi connectivity index (χ1v) is 7.63. The Morgan fingerprint density at radius 2 is 2.12 bits per heavy atom. The minimum Gasteiger partial charge on any atom is -0.482 e. The van der Waals surface area contributed by atoms with E-state index in [1.54, 1.807) is 35.8 Å². The van der Waals surface area contributed by atoms with E-state index in [9.17, 15) is 14.7 Å². The molecule has 126 valence electrons. The number of fused-ring (bicyclic) bond motifs is 1. The lowest BCUT2D eigenvalue weighted by Gasteiger charge is -2.33. The van der Waals surface area contributed by atoms with Crippen molar-refractivity contribution in [2.45, 2.75) is 26.1 Å². The number of benzene rings is 1. The van der Waals surface area contributed by atoms with E-state index < -0.39 is 17.9 Å². The molecule has 1 atom stereocenters. The van der Waals surface area contributed by atoms with Gasteiger partial charge in [0.15, 0.2) is 12.4 Å². The summed E-state index contributed by atoms with van der Waals surface area (Å²) in [5, 5.41) is 17.7. The Kier molecular flexibility index (Phi) is 4.39. The highest BCUT2D eigenvalue weighted by Crippen LogP contribution is 2.24. The molecule has 0 spiro atoms. The van der Waals surface area contributed by atoms with E-state index >= 15 is 0 Å². The number of aromatic nitrogens is 3. The van der Waals surface area contributed by atoms with Gasteiger partial charge in [-0.2, -0.15) is 0 Å². The number of hydrogen-bond acceptors (Lipinski definition) is 5. The predicted molar refractivity (Wildman–Crippen MR) is 83.7 cm³/mol. The molecule has 8 nitrogen and oxygen atoms in total. The summed E-state index contributed by atoms with van der Waals surface area (Å²) in [6.45, 7) is 1.62. The van der Waals surface area contributed by atoms with Crippen molar-refractivity contribution < 1.29 is 19.4 Å². The van der Waals surface area contributed by atoms with Crippen molar-refractivity contribution in [1.29, 1.82) is 0 Å². The molecule has 1 aliphatic rings. The summed E-state index contributed by atoms with van der Waals surface area (Å²) in [5.74, 6) is 0.0104. The van der Waals surface area contributed by atoms with Gasteiger partial charge in [0, 0.05) is 0 Å². The molecule has 1 aromatic carbocycles. The van der Waals surface area contributed by atoms with Gasteiger partial charge < -0.3 is 19.3 Å². The highest BCUT2D eigenvalue weighted by atomic mass is 35.5. The van der Waals surface area contributed by atoms with Crippen LogP contribution in [0.4, 0.5) is 0 Å². The molecular weight excluding hydrogens is 336 g/mol. The molecule has 3 rings (SSSR count). The number of rotatable bonds is 4. The van der Waals surface area contributed by atoms with E-state index in [4.69, 9.17) is 16.3 Å². The lowest BCUT2D eigenvalue weighted by atomic mass is 10.2. The normalized spacial score (nSPS) is 16.6. The number of hydrogen-bond donors (Lipinski definition) is 1. The van der Waals surface area contributed by atoms with Gasteiger partial charge in [0.1, 0.15) is 17.6 Å². The third-order valence-electron chi connectivity index (χ3n) is 3.85. The van der Waals surface area contributed by atoms with Crippen LogP contribution in [0.5, 0.6) is 5.75 Å². The number of ether oxygens (including phenoxy) is 1. The number of nitrogens with zero attached hydrogens (tertiary/aromatic N) is 4. The first-order valence-electron chi connectivity index (χ1n) is 7.25. The Balaban J connectivity index is 1.75. The number of carboxylic acid groups (broad SMARTS) is 1. The summed E-state index contributed by atoms with van der Waals surface area (Å²) in [6, 6.07) is 5.78. The third kappa shape index (κ3) is 3.05. The molecule has 0 saturated carbocycles. The van der Waals surface area contributed by atoms with Crippen LogP contribution in [0.2, 0.25) is 5.02 Å². The number of carbonyl (C=O) groups is 2. The van der Waals surface area contributed by atoms with Gasteiger partial charge in [0.2, 0.25) is 0 Å². The summed E-state index contributed by atoms with van der Waals surface area (Å²) < 4.78 is 7.12. The van der Waals surface area contributed by atoms with Crippen molar-refractivity contribution in [3.05, 3.63) is 40.9 Å². The van der Waals surface area contributed by atoms with Gasteiger partial charge in [0.25, 0.3) is 5.91 Å². The first-order chi connectivity index (χ1) is 11.5. The summed E-state index contributed by atoms with van der Waals surface area (Å²) in [6.07, 6.45) is 0. The van der Waals surface area contributed by atoms with Gasteiger partial charge in [-0.05, 0) is 19.1 Å². The largest absolute Gasteiger partial charge is 0.482 e. The van der Waals surface area contributed by atoms with E-state index in [2.05, 4.69) is 10.2 Å². The Bertz CT molecular complexity index is 792. The van der Waals surface area contributed by atoms with Gasteiger partial charge in [-0.15, -0.1) is 10.2 Å². The SMILES string of the molecule is Cc1nnc2n1CC(C(=O)O)N(C(=O)COc1ccccc1Cl)C2. The van der Waals surface area contributed by atoms with E-state index in [-0.39, 0.29) is 19.7 Å². The van der Waals surface area contributed by atoms with Crippen LogP contribution >= 0.6 is 11.6 Å². The zero-order valence-corrected chi connectivity index (χ0v) is 13.6. The molecule has 1 amide bonds. The van der Waals surface area contributed by atoms with Crippen molar-refractivity contribution in [3.8, 4) is 5.75 Å². The number of carbonyl (C=O) groups excluding carboxylic acids is 1. The summed E-state index contributed by atoms with van der Waals surface area (Å²) in [7, 11) is 0. The van der Waals surface area contributed by atoms with Crippen LogP contribution in [-0.2, 0) is 22.7 Å². The molecule has 24 heavy (non-hydrogen) atoms. The van der Waals surface area contributed by atoms with Gasteiger partial charge in [-0.1, -0.05) is 23.7 Å². The summed E-state index contributed by atoms with van der Waals surface area (Å²) >= 11 is 5.98. The monoisotopic (exact) mass is 350 g/mol. The predicted octanol–water partition coefficient (Wildman–Crippen LogP) is 1.11. The fraction of sp³-hybridized carbons (Fsp3) is 0.333. The van der Waals surface area contributed by atoms with Crippen LogP contribution in [0.15, 0.2) is 24.3 Å². The van der Waals surface area contributed by atoms with Gasteiger partial charge in [-0.25, -0.2) is 4.79 Å². The van der Waals surface area contributed by atoms with E-state index in [1.807, 2.05) is 0 Å². The fourth-order valence-corrected chi connectivity index (χ4v) is 2.76. The number of aryl methyl sites for hydroxylation is 1. The second-order valence-corrected chi connectivity index (χ2v) is 5.78. The average molecular weight is 351 g/mol. The number of amides is 1. The maximum absolute atomic E-state index is 12.5. The molecule has 0 bridgehead atoms. The first kappa shape index (κ1) is 16.3. The van der Waals surface area contributed by atoms with Crippen molar-refractivity contribution in [1.82, 2.24) is 19.7 Å². The second-order valence-electron chi connectivity index (χ2n) is 5.37. The van der Waals surface area contributed by atoms with Crippen molar-refractivity contribution in [2.75, 3.05) is 6.61 Å². The molecule has 2 aromatic rings. The number of aliphatic carboxylic acids is 1. The Labute approximate surface area is 142 Å². The van der Waals surface area contributed by atoms with Crippen LogP contribution < -0.4 is 4.74 Å². The minimum absolute atomic E-state index is 0.0719. The Morgan fingerprint density at radius 1 is 1.38 bits per heavy atom. The molecule has 2 heterocycles. The number of halogens is 1. The van der Waals surface area contributed by atoms with Crippen molar-refractivity contribution >= 4 is 23.5 Å². The van der Waals surface area contributed by atoms with E-state index in [1.165, 1.54) is 4.90 Å². The summed E-state index contributed by atoms with van der Waals surface area (Å²) in [4.78, 5) is 25.2. The number of para-hydroxylation sites is 1. The van der Waals surface area contributed by atoms with Crippen LogP contribution in [0.1, 0.15) is 11.6 Å². The number of carboxylic acids is 1. The third-order valence-corrected chi connectivity index (χ3v) is 4.16. The quantitative estimate of drug-likeness (QED) is 0.887.